The van der Waals surface area contributed by atoms with Crippen molar-refractivity contribution < 1.29 is 19.4 Å². The first-order valence-electron chi connectivity index (χ1n) is 7.96. The standard InChI is InChI=1S/C19H18N2O4/c20-10-14-2-1-3-15(8-14)11-24-16-6-4-13(5-7-16)9-17(18-12-25-18)21-19(22)23/h1-8,17-18,21H,9,11-12H2,(H,22,23)/t17-,18?/m0/s1. The number of rotatable bonds is 7. The van der Waals surface area contributed by atoms with Crippen LogP contribution < -0.4 is 10.1 Å². The fraction of sp³-hybridized carbons (Fsp3) is 0.263. The van der Waals surface area contributed by atoms with Gasteiger partial charge in [-0.25, -0.2) is 4.79 Å². The lowest BCUT2D eigenvalue weighted by atomic mass is 10.0. The molecule has 1 fully saturated rings. The van der Waals surface area contributed by atoms with E-state index in [0.717, 1.165) is 16.9 Å². The SMILES string of the molecule is N#Cc1cccc(COc2ccc(C[C@H](NC(=O)O)C3CO3)cc2)c1. The van der Waals surface area contributed by atoms with E-state index in [9.17, 15) is 4.79 Å². The van der Waals surface area contributed by atoms with Crippen LogP contribution in [0.2, 0.25) is 0 Å². The molecule has 6 nitrogen and oxygen atoms in total. The van der Waals surface area contributed by atoms with Crippen molar-refractivity contribution >= 4 is 6.09 Å². The lowest BCUT2D eigenvalue weighted by Gasteiger charge is -2.15. The maximum absolute atomic E-state index is 10.8. The molecule has 25 heavy (non-hydrogen) atoms. The summed E-state index contributed by atoms with van der Waals surface area (Å²) in [5.41, 5.74) is 2.54. The third-order valence-corrected chi connectivity index (χ3v) is 3.96. The molecule has 0 aromatic heterocycles. The minimum atomic E-state index is -1.04. The average Bonchev–Trinajstić information content (AvgIpc) is 3.45. The van der Waals surface area contributed by atoms with Crippen molar-refractivity contribution in [1.82, 2.24) is 5.32 Å². The van der Waals surface area contributed by atoms with E-state index in [1.165, 1.54) is 0 Å². The third-order valence-electron chi connectivity index (χ3n) is 3.96. The largest absolute Gasteiger partial charge is 0.489 e. The molecule has 2 atom stereocenters. The molecule has 2 N–H and O–H groups in total. The first-order valence-corrected chi connectivity index (χ1v) is 7.96. The topological polar surface area (TPSA) is 94.9 Å². The monoisotopic (exact) mass is 338 g/mol. The van der Waals surface area contributed by atoms with E-state index in [1.54, 1.807) is 12.1 Å². The van der Waals surface area contributed by atoms with Crippen molar-refractivity contribution in [2.75, 3.05) is 6.61 Å². The summed E-state index contributed by atoms with van der Waals surface area (Å²) in [4.78, 5) is 10.8. The van der Waals surface area contributed by atoms with Crippen LogP contribution in [0.25, 0.3) is 0 Å². The van der Waals surface area contributed by atoms with E-state index in [2.05, 4.69) is 11.4 Å². The number of nitriles is 1. The molecule has 0 aliphatic carbocycles. The van der Waals surface area contributed by atoms with E-state index >= 15 is 0 Å². The van der Waals surface area contributed by atoms with Crippen molar-refractivity contribution in [1.29, 1.82) is 5.26 Å². The third kappa shape index (κ3) is 4.96. The smallest absolute Gasteiger partial charge is 0.404 e. The van der Waals surface area contributed by atoms with Gasteiger partial charge in [-0.15, -0.1) is 0 Å². The van der Waals surface area contributed by atoms with Gasteiger partial charge >= 0.3 is 6.09 Å². The number of nitrogens with one attached hydrogen (secondary N) is 1. The summed E-state index contributed by atoms with van der Waals surface area (Å²) in [6.45, 7) is 0.974. The Morgan fingerprint density at radius 1 is 1.32 bits per heavy atom. The fourth-order valence-corrected chi connectivity index (χ4v) is 2.59. The van der Waals surface area contributed by atoms with Gasteiger partial charge in [-0.3, -0.25) is 0 Å². The van der Waals surface area contributed by atoms with Crippen molar-refractivity contribution in [2.45, 2.75) is 25.2 Å². The van der Waals surface area contributed by atoms with Crippen LogP contribution in [0.4, 0.5) is 4.79 Å². The highest BCUT2D eigenvalue weighted by molar-refractivity contribution is 5.65. The Morgan fingerprint density at radius 2 is 2.08 bits per heavy atom. The highest BCUT2D eigenvalue weighted by atomic mass is 16.6. The molecule has 0 saturated carbocycles. The van der Waals surface area contributed by atoms with Gasteiger partial charge in [0.05, 0.1) is 24.3 Å². The summed E-state index contributed by atoms with van der Waals surface area (Å²) in [6.07, 6.45) is -0.513. The summed E-state index contributed by atoms with van der Waals surface area (Å²) in [5, 5.41) is 20.3. The van der Waals surface area contributed by atoms with Gasteiger partial charge < -0.3 is 19.9 Å². The summed E-state index contributed by atoms with van der Waals surface area (Å²) in [5.74, 6) is 0.719. The van der Waals surface area contributed by atoms with Crippen molar-refractivity contribution in [3.05, 3.63) is 65.2 Å². The van der Waals surface area contributed by atoms with Gasteiger partial charge in [0.1, 0.15) is 18.5 Å². The zero-order valence-corrected chi connectivity index (χ0v) is 13.5. The van der Waals surface area contributed by atoms with Crippen molar-refractivity contribution in [3.8, 4) is 11.8 Å². The van der Waals surface area contributed by atoms with Gasteiger partial charge in [0.25, 0.3) is 0 Å². The van der Waals surface area contributed by atoms with Crippen LogP contribution in [0, 0.1) is 11.3 Å². The Bertz CT molecular complexity index is 779. The quantitative estimate of drug-likeness (QED) is 0.757. The Morgan fingerprint density at radius 3 is 2.72 bits per heavy atom. The average molecular weight is 338 g/mol. The fourth-order valence-electron chi connectivity index (χ4n) is 2.59. The molecule has 128 valence electrons. The van der Waals surface area contributed by atoms with Gasteiger partial charge in [-0.05, 0) is 41.8 Å². The predicted molar refractivity (Wildman–Crippen MR) is 90.3 cm³/mol. The van der Waals surface area contributed by atoms with Crippen LogP contribution in [0.15, 0.2) is 48.5 Å². The molecule has 0 bridgehead atoms. The molecule has 1 aliphatic heterocycles. The number of ether oxygens (including phenoxy) is 2. The maximum Gasteiger partial charge on any atom is 0.404 e. The van der Waals surface area contributed by atoms with Gasteiger partial charge in [0.2, 0.25) is 0 Å². The molecule has 2 aromatic carbocycles. The highest BCUT2D eigenvalue weighted by Crippen LogP contribution is 2.20. The first-order chi connectivity index (χ1) is 12.1. The Balaban J connectivity index is 1.56. The van der Waals surface area contributed by atoms with Gasteiger partial charge in [0, 0.05) is 0 Å². The predicted octanol–water partition coefficient (Wildman–Crippen LogP) is 2.71. The number of hydrogen-bond donors (Lipinski definition) is 2. The molecule has 1 heterocycles. The van der Waals surface area contributed by atoms with Crippen LogP contribution in [0.1, 0.15) is 16.7 Å². The molecular weight excluding hydrogens is 320 g/mol. The zero-order valence-electron chi connectivity index (χ0n) is 13.5. The van der Waals surface area contributed by atoms with E-state index < -0.39 is 6.09 Å². The molecule has 1 saturated heterocycles. The van der Waals surface area contributed by atoms with Gasteiger partial charge in [-0.2, -0.15) is 5.26 Å². The van der Waals surface area contributed by atoms with Crippen LogP contribution in [0.3, 0.4) is 0 Å². The number of epoxide rings is 1. The molecule has 0 spiro atoms. The summed E-state index contributed by atoms with van der Waals surface area (Å²) < 4.78 is 10.9. The van der Waals surface area contributed by atoms with E-state index in [1.807, 2.05) is 36.4 Å². The lowest BCUT2D eigenvalue weighted by molar-refractivity contribution is 0.186. The Kier molecular flexibility index (Phi) is 5.17. The Labute approximate surface area is 145 Å². The summed E-state index contributed by atoms with van der Waals surface area (Å²) >= 11 is 0. The van der Waals surface area contributed by atoms with Crippen molar-refractivity contribution in [2.24, 2.45) is 0 Å². The number of benzene rings is 2. The number of carboxylic acid groups (broad SMARTS) is 1. The van der Waals surface area contributed by atoms with E-state index in [0.29, 0.717) is 25.2 Å². The first kappa shape index (κ1) is 16.8. The van der Waals surface area contributed by atoms with Gasteiger partial charge in [-0.1, -0.05) is 24.3 Å². The second-order valence-corrected chi connectivity index (χ2v) is 5.88. The molecule has 1 amide bonds. The second kappa shape index (κ2) is 7.69. The molecule has 2 aromatic rings. The minimum Gasteiger partial charge on any atom is -0.489 e. The van der Waals surface area contributed by atoms with Crippen molar-refractivity contribution in [3.63, 3.8) is 0 Å². The molecule has 0 radical (unpaired) electrons. The van der Waals surface area contributed by atoms with Crippen LogP contribution in [-0.2, 0) is 17.8 Å². The number of hydrogen-bond acceptors (Lipinski definition) is 4. The van der Waals surface area contributed by atoms with E-state index in [-0.39, 0.29) is 12.1 Å². The van der Waals surface area contributed by atoms with Crippen LogP contribution in [0.5, 0.6) is 5.75 Å². The molecule has 6 heteroatoms. The molecule has 3 rings (SSSR count). The van der Waals surface area contributed by atoms with Crippen LogP contribution >= 0.6 is 0 Å². The maximum atomic E-state index is 10.8. The summed E-state index contributed by atoms with van der Waals surface area (Å²) in [6, 6.07) is 16.7. The summed E-state index contributed by atoms with van der Waals surface area (Å²) in [7, 11) is 0. The van der Waals surface area contributed by atoms with Crippen LogP contribution in [-0.4, -0.2) is 30.0 Å². The molecular formula is C19H18N2O4. The number of carbonyl (C=O) groups is 1. The normalized spacial score (nSPS) is 16.5. The number of amides is 1. The second-order valence-electron chi connectivity index (χ2n) is 5.88. The van der Waals surface area contributed by atoms with E-state index in [4.69, 9.17) is 19.8 Å². The van der Waals surface area contributed by atoms with Gasteiger partial charge in [0.15, 0.2) is 0 Å². The molecule has 1 aliphatic rings. The highest BCUT2D eigenvalue weighted by Gasteiger charge is 2.33. The Hall–Kier alpha value is -3.04. The number of nitrogens with zero attached hydrogens (tertiary/aromatic N) is 1. The molecule has 1 unspecified atom stereocenters. The lowest BCUT2D eigenvalue weighted by Crippen LogP contribution is -2.39. The zero-order chi connectivity index (χ0) is 17.6. The minimum absolute atomic E-state index is 0.0422.